The van der Waals surface area contributed by atoms with Crippen LogP contribution in [0.2, 0.25) is 0 Å². The average molecular weight is 483 g/mol. The molecule has 0 saturated heterocycles. The lowest BCUT2D eigenvalue weighted by molar-refractivity contribution is 0.279. The van der Waals surface area contributed by atoms with Crippen LogP contribution in [0.4, 0.5) is 8.78 Å². The summed E-state index contributed by atoms with van der Waals surface area (Å²) in [4.78, 5) is 4.19. The van der Waals surface area contributed by atoms with Gasteiger partial charge in [0.05, 0.1) is 17.5 Å². The normalized spacial score (nSPS) is 14.3. The fraction of sp³-hybridized carbons (Fsp3) is 0.160. The molecule has 9 heteroatoms. The minimum atomic E-state index is -4.10. The number of aromatic nitrogens is 1. The molecule has 3 aromatic carbocycles. The zero-order valence-electron chi connectivity index (χ0n) is 18.2. The Morgan fingerprint density at radius 1 is 1.00 bits per heavy atom. The number of benzene rings is 3. The molecule has 0 unspecified atom stereocenters. The van der Waals surface area contributed by atoms with Gasteiger partial charge in [-0.25, -0.2) is 17.2 Å². The molecule has 0 radical (unpaired) electrons. The molecular weight excluding hydrogens is 462 g/mol. The van der Waals surface area contributed by atoms with Crippen LogP contribution in [0.15, 0.2) is 71.8 Å². The molecule has 1 aliphatic rings. The van der Waals surface area contributed by atoms with E-state index in [1.165, 1.54) is 11.4 Å². The van der Waals surface area contributed by atoms with Gasteiger partial charge in [0.25, 0.3) is 0 Å². The number of rotatable bonds is 4. The fourth-order valence-corrected chi connectivity index (χ4v) is 5.41. The van der Waals surface area contributed by atoms with Gasteiger partial charge in [0.15, 0.2) is 23.1 Å². The molecule has 0 spiro atoms. The highest BCUT2D eigenvalue weighted by Gasteiger charge is 2.30. The highest BCUT2D eigenvalue weighted by Crippen LogP contribution is 2.39. The number of hydrogen-bond acceptors (Lipinski definition) is 5. The van der Waals surface area contributed by atoms with Gasteiger partial charge in [-0.1, -0.05) is 18.2 Å². The summed E-state index contributed by atoms with van der Waals surface area (Å²) in [5, 5.41) is 0.965. The summed E-state index contributed by atoms with van der Waals surface area (Å²) >= 11 is 0. The zero-order valence-corrected chi connectivity index (χ0v) is 19.0. The SMILES string of the molecule is COc1cc(-c2cnc3ccccc3c2)cc2c1OCCN(S(=O)(=O)c1ccc(F)c(F)c1)C2. The number of halogens is 2. The van der Waals surface area contributed by atoms with E-state index in [9.17, 15) is 17.2 Å². The van der Waals surface area contributed by atoms with Crippen molar-refractivity contribution in [1.82, 2.24) is 9.29 Å². The molecule has 0 saturated carbocycles. The van der Waals surface area contributed by atoms with Crippen LogP contribution in [0.5, 0.6) is 11.5 Å². The maximum Gasteiger partial charge on any atom is 0.243 e. The number of hydrogen-bond donors (Lipinski definition) is 0. The molecule has 0 N–H and O–H groups in total. The Labute approximate surface area is 195 Å². The van der Waals surface area contributed by atoms with E-state index in [2.05, 4.69) is 4.98 Å². The van der Waals surface area contributed by atoms with E-state index in [0.29, 0.717) is 23.1 Å². The summed E-state index contributed by atoms with van der Waals surface area (Å²) in [6, 6.07) is 15.9. The standard InChI is InChI=1S/C25H20F2N2O4S/c1-32-24-12-17(18-10-16-4-2-3-5-23(16)28-14-18)11-19-15-29(8-9-33-25(19)24)34(30,31)20-6-7-21(26)22(27)13-20/h2-7,10-14H,8-9,15H2,1H3. The van der Waals surface area contributed by atoms with Crippen molar-refractivity contribution in [2.75, 3.05) is 20.3 Å². The van der Waals surface area contributed by atoms with E-state index >= 15 is 0 Å². The smallest absolute Gasteiger partial charge is 0.243 e. The van der Waals surface area contributed by atoms with Crippen LogP contribution in [-0.2, 0) is 16.6 Å². The predicted molar refractivity (Wildman–Crippen MR) is 123 cm³/mol. The van der Waals surface area contributed by atoms with Gasteiger partial charge in [-0.05, 0) is 48.0 Å². The molecule has 0 bridgehead atoms. The molecule has 0 amide bonds. The van der Waals surface area contributed by atoms with Gasteiger partial charge in [0.1, 0.15) is 6.61 Å². The van der Waals surface area contributed by atoms with E-state index in [1.807, 2.05) is 42.5 Å². The van der Waals surface area contributed by atoms with Gasteiger partial charge >= 0.3 is 0 Å². The van der Waals surface area contributed by atoms with Crippen LogP contribution in [0, 0.1) is 11.6 Å². The predicted octanol–water partition coefficient (Wildman–Crippen LogP) is 4.77. The summed E-state index contributed by atoms with van der Waals surface area (Å²) in [5.41, 5.74) is 3.06. The number of para-hydroxylation sites is 1. The third-order valence-electron chi connectivity index (χ3n) is 5.74. The molecule has 1 aromatic heterocycles. The molecule has 1 aliphatic heterocycles. The highest BCUT2D eigenvalue weighted by molar-refractivity contribution is 7.89. The lowest BCUT2D eigenvalue weighted by Crippen LogP contribution is -2.32. The number of methoxy groups -OCH3 is 1. The second-order valence-electron chi connectivity index (χ2n) is 7.85. The third-order valence-corrected chi connectivity index (χ3v) is 7.58. The topological polar surface area (TPSA) is 68.7 Å². The molecular formula is C25H20F2N2O4S. The van der Waals surface area contributed by atoms with Gasteiger partial charge in [0, 0.05) is 35.8 Å². The van der Waals surface area contributed by atoms with E-state index in [1.54, 1.807) is 6.20 Å². The maximum atomic E-state index is 13.7. The quantitative estimate of drug-likeness (QED) is 0.419. The van der Waals surface area contributed by atoms with Crippen molar-refractivity contribution in [3.63, 3.8) is 0 Å². The first-order valence-corrected chi connectivity index (χ1v) is 11.9. The highest BCUT2D eigenvalue weighted by atomic mass is 32.2. The lowest BCUT2D eigenvalue weighted by atomic mass is 10.0. The summed E-state index contributed by atoms with van der Waals surface area (Å²) in [6.45, 7) is 0.0804. The Hall–Kier alpha value is -3.56. The largest absolute Gasteiger partial charge is 0.493 e. The number of pyridine rings is 1. The van der Waals surface area contributed by atoms with E-state index < -0.39 is 21.7 Å². The van der Waals surface area contributed by atoms with E-state index in [-0.39, 0.29) is 24.6 Å². The van der Waals surface area contributed by atoms with Crippen LogP contribution in [0.1, 0.15) is 5.56 Å². The monoisotopic (exact) mass is 482 g/mol. The molecule has 0 atom stereocenters. The average Bonchev–Trinajstić information content (AvgIpc) is 3.08. The second-order valence-corrected chi connectivity index (χ2v) is 9.78. The zero-order chi connectivity index (χ0) is 23.9. The fourth-order valence-electron chi connectivity index (χ4n) is 4.00. The molecule has 174 valence electrons. The van der Waals surface area contributed by atoms with Crippen LogP contribution in [0.25, 0.3) is 22.0 Å². The summed E-state index contributed by atoms with van der Waals surface area (Å²) in [5.74, 6) is -1.42. The van der Waals surface area contributed by atoms with Crippen LogP contribution >= 0.6 is 0 Å². The minimum absolute atomic E-state index is 0.0259. The van der Waals surface area contributed by atoms with Crippen molar-refractivity contribution in [3.8, 4) is 22.6 Å². The van der Waals surface area contributed by atoms with E-state index in [0.717, 1.165) is 34.2 Å². The molecule has 34 heavy (non-hydrogen) atoms. The van der Waals surface area contributed by atoms with Gasteiger partial charge < -0.3 is 9.47 Å². The number of sulfonamides is 1. The first kappa shape index (κ1) is 22.2. The minimum Gasteiger partial charge on any atom is -0.493 e. The van der Waals surface area contributed by atoms with Crippen LogP contribution < -0.4 is 9.47 Å². The molecule has 2 heterocycles. The Kier molecular flexibility index (Phi) is 5.66. The van der Waals surface area contributed by atoms with Crippen molar-refractivity contribution >= 4 is 20.9 Å². The van der Waals surface area contributed by atoms with Gasteiger partial charge in [-0.3, -0.25) is 4.98 Å². The summed E-state index contributed by atoms with van der Waals surface area (Å²) in [7, 11) is -2.58. The lowest BCUT2D eigenvalue weighted by Gasteiger charge is -2.20. The summed E-state index contributed by atoms with van der Waals surface area (Å²) < 4.78 is 66.1. The maximum absolute atomic E-state index is 13.7. The van der Waals surface area contributed by atoms with Crippen molar-refractivity contribution in [1.29, 1.82) is 0 Å². The Morgan fingerprint density at radius 3 is 2.62 bits per heavy atom. The first-order valence-electron chi connectivity index (χ1n) is 10.5. The van der Waals surface area contributed by atoms with Gasteiger partial charge in [-0.15, -0.1) is 0 Å². The number of fused-ring (bicyclic) bond motifs is 2. The van der Waals surface area contributed by atoms with Gasteiger partial charge in [0.2, 0.25) is 10.0 Å². The van der Waals surface area contributed by atoms with Crippen molar-refractivity contribution in [3.05, 3.63) is 84.1 Å². The number of ether oxygens (including phenoxy) is 2. The van der Waals surface area contributed by atoms with Crippen molar-refractivity contribution in [2.45, 2.75) is 11.4 Å². The molecule has 4 aromatic rings. The first-order chi connectivity index (χ1) is 16.4. The third kappa shape index (κ3) is 3.97. The Balaban J connectivity index is 1.57. The van der Waals surface area contributed by atoms with Gasteiger partial charge in [-0.2, -0.15) is 4.31 Å². The Bertz CT molecular complexity index is 1510. The van der Waals surface area contributed by atoms with Crippen LogP contribution in [0.3, 0.4) is 0 Å². The molecule has 0 aliphatic carbocycles. The van der Waals surface area contributed by atoms with Crippen molar-refractivity contribution < 1.29 is 26.7 Å². The van der Waals surface area contributed by atoms with E-state index in [4.69, 9.17) is 9.47 Å². The molecule has 6 nitrogen and oxygen atoms in total. The molecule has 0 fully saturated rings. The van der Waals surface area contributed by atoms with Crippen molar-refractivity contribution in [2.24, 2.45) is 0 Å². The Morgan fingerprint density at radius 2 is 1.82 bits per heavy atom. The van der Waals surface area contributed by atoms with Crippen LogP contribution in [-0.4, -0.2) is 38.0 Å². The summed E-state index contributed by atoms with van der Waals surface area (Å²) in [6.07, 6.45) is 1.75. The second kappa shape index (κ2) is 8.66. The number of nitrogens with zero attached hydrogens (tertiary/aromatic N) is 2. The molecule has 5 rings (SSSR count).